The molecule has 0 spiro atoms. The topological polar surface area (TPSA) is 81.8 Å². The summed E-state index contributed by atoms with van der Waals surface area (Å²) in [5.74, 6) is 0.589. The smallest absolute Gasteiger partial charge is 0.358 e. The molecule has 0 atom stereocenters. The fraction of sp³-hybridized carbons (Fsp3) is 0.100. The number of oxazole rings is 1. The summed E-state index contributed by atoms with van der Waals surface area (Å²) in [6, 6.07) is 14.5. The predicted molar refractivity (Wildman–Crippen MR) is 96.1 cm³/mol. The zero-order valence-corrected chi connectivity index (χ0v) is 14.1. The second-order valence-corrected chi connectivity index (χ2v) is 5.31. The highest BCUT2D eigenvalue weighted by molar-refractivity contribution is 5.94. The second kappa shape index (κ2) is 7.57. The predicted octanol–water partition coefficient (Wildman–Crippen LogP) is 4.84. The minimum Gasteiger partial charge on any atom is -0.494 e. The molecule has 132 valence electrons. The number of hydrogen-bond acceptors (Lipinski definition) is 5. The Labute approximate surface area is 150 Å². The molecule has 0 amide bonds. The molecule has 1 N–H and O–H groups in total. The first-order chi connectivity index (χ1) is 12.6. The van der Waals surface area contributed by atoms with Gasteiger partial charge in [0.25, 0.3) is 0 Å². The molecule has 0 aliphatic carbocycles. The number of carbonyl (C=O) groups is 1. The Bertz CT molecular complexity index is 930. The van der Waals surface area contributed by atoms with Crippen LogP contribution in [0.3, 0.4) is 0 Å². The number of hydrogen-bond donors (Lipinski definition) is 1. The Morgan fingerprint density at radius 3 is 2.65 bits per heavy atom. The lowest BCUT2D eigenvalue weighted by molar-refractivity contribution is 0.0691. The molecule has 26 heavy (non-hydrogen) atoms. The Morgan fingerprint density at radius 1 is 1.19 bits per heavy atom. The zero-order chi connectivity index (χ0) is 18.5. The molecule has 0 bridgehead atoms. The fourth-order valence-corrected chi connectivity index (χ4v) is 2.48. The fourth-order valence-electron chi connectivity index (χ4n) is 2.48. The summed E-state index contributed by atoms with van der Waals surface area (Å²) in [7, 11) is 0. The molecule has 0 unspecified atom stereocenters. The summed E-state index contributed by atoms with van der Waals surface area (Å²) in [5, 5.41) is 9.30. The van der Waals surface area contributed by atoms with Crippen molar-refractivity contribution in [1.29, 1.82) is 0 Å². The first-order valence-electron chi connectivity index (χ1n) is 7.96. The normalized spacial score (nSPS) is 10.3. The number of carboxylic acid groups (broad SMARTS) is 1. The maximum atomic E-state index is 11.4. The van der Waals surface area contributed by atoms with Crippen LogP contribution in [-0.4, -0.2) is 22.7 Å². The highest BCUT2D eigenvalue weighted by Gasteiger charge is 2.22. The lowest BCUT2D eigenvalue weighted by Crippen LogP contribution is -2.01. The molecule has 3 rings (SSSR count). The van der Waals surface area contributed by atoms with E-state index in [-0.39, 0.29) is 11.5 Å². The van der Waals surface area contributed by atoms with E-state index >= 15 is 0 Å². The van der Waals surface area contributed by atoms with Gasteiger partial charge in [-0.3, -0.25) is 0 Å². The van der Waals surface area contributed by atoms with Crippen molar-refractivity contribution < 1.29 is 23.8 Å². The molecule has 0 aliphatic heterocycles. The molecule has 3 aromatic rings. The van der Waals surface area contributed by atoms with Gasteiger partial charge in [-0.25, -0.2) is 9.78 Å². The van der Waals surface area contributed by atoms with E-state index in [2.05, 4.69) is 11.6 Å². The third-order valence-corrected chi connectivity index (χ3v) is 3.60. The van der Waals surface area contributed by atoms with Crippen LogP contribution in [0, 0.1) is 0 Å². The van der Waals surface area contributed by atoms with Gasteiger partial charge < -0.3 is 19.0 Å². The zero-order valence-electron chi connectivity index (χ0n) is 14.1. The SMILES string of the molecule is C=C(OCC)c1cc(Oc2ccccc2)ccc1-c1ocnc1C(=O)O. The van der Waals surface area contributed by atoms with Crippen LogP contribution in [0.2, 0.25) is 0 Å². The van der Waals surface area contributed by atoms with Crippen LogP contribution < -0.4 is 4.74 Å². The molecule has 6 heteroatoms. The van der Waals surface area contributed by atoms with Gasteiger partial charge >= 0.3 is 5.97 Å². The summed E-state index contributed by atoms with van der Waals surface area (Å²) >= 11 is 0. The standard InChI is InChI=1S/C20H17NO5/c1-3-24-13(2)17-11-15(26-14-7-5-4-6-8-14)9-10-16(17)19-18(20(22)23)21-12-25-19/h4-12H,2-3H2,1H3,(H,22,23). The number of aromatic carboxylic acids is 1. The van der Waals surface area contributed by atoms with Crippen LogP contribution in [0.15, 0.2) is 65.9 Å². The molecule has 0 saturated heterocycles. The summed E-state index contributed by atoms with van der Waals surface area (Å²) in [4.78, 5) is 15.1. The molecule has 0 fully saturated rings. The third kappa shape index (κ3) is 3.59. The number of ether oxygens (including phenoxy) is 2. The monoisotopic (exact) mass is 351 g/mol. The molecule has 0 saturated carbocycles. The molecule has 2 aromatic carbocycles. The van der Waals surface area contributed by atoms with E-state index in [1.165, 1.54) is 0 Å². The minimum atomic E-state index is -1.17. The number of carboxylic acids is 1. The van der Waals surface area contributed by atoms with Gasteiger partial charge in [0.05, 0.1) is 6.61 Å². The van der Waals surface area contributed by atoms with E-state index in [9.17, 15) is 9.90 Å². The first kappa shape index (κ1) is 17.3. The number of rotatable bonds is 7. The van der Waals surface area contributed by atoms with E-state index in [0.29, 0.717) is 35.0 Å². The average molecular weight is 351 g/mol. The van der Waals surface area contributed by atoms with Crippen LogP contribution in [0.5, 0.6) is 11.5 Å². The first-order valence-corrected chi connectivity index (χ1v) is 7.96. The minimum absolute atomic E-state index is 0.139. The van der Waals surface area contributed by atoms with Crippen molar-refractivity contribution in [3.8, 4) is 22.8 Å². The van der Waals surface area contributed by atoms with Gasteiger partial charge in [0, 0.05) is 11.1 Å². The average Bonchev–Trinajstić information content (AvgIpc) is 3.12. The third-order valence-electron chi connectivity index (χ3n) is 3.60. The van der Waals surface area contributed by atoms with Gasteiger partial charge in [0.2, 0.25) is 0 Å². The molecule has 0 aliphatic rings. The Kier molecular flexibility index (Phi) is 5.03. The van der Waals surface area contributed by atoms with Crippen LogP contribution in [-0.2, 0) is 4.74 Å². The molecule has 0 radical (unpaired) electrons. The van der Waals surface area contributed by atoms with Crippen molar-refractivity contribution in [3.63, 3.8) is 0 Å². The summed E-state index contributed by atoms with van der Waals surface area (Å²) in [6.45, 7) is 6.18. The van der Waals surface area contributed by atoms with Gasteiger partial charge in [-0.1, -0.05) is 24.8 Å². The summed E-state index contributed by atoms with van der Waals surface area (Å²) in [6.07, 6.45) is 1.10. The highest BCUT2D eigenvalue weighted by Crippen LogP contribution is 2.35. The Morgan fingerprint density at radius 2 is 1.96 bits per heavy atom. The van der Waals surface area contributed by atoms with Crippen LogP contribution in [0.4, 0.5) is 0 Å². The van der Waals surface area contributed by atoms with Crippen molar-refractivity contribution in [3.05, 3.63) is 72.8 Å². The lowest BCUT2D eigenvalue weighted by Gasteiger charge is -2.14. The van der Waals surface area contributed by atoms with Gasteiger partial charge in [-0.2, -0.15) is 0 Å². The maximum absolute atomic E-state index is 11.4. The van der Waals surface area contributed by atoms with E-state index in [4.69, 9.17) is 13.9 Å². The molecular weight excluding hydrogens is 334 g/mol. The van der Waals surface area contributed by atoms with Gasteiger partial charge in [-0.05, 0) is 37.3 Å². The summed E-state index contributed by atoms with van der Waals surface area (Å²) in [5.41, 5.74) is 0.908. The van der Waals surface area contributed by atoms with E-state index in [1.807, 2.05) is 37.3 Å². The Balaban J connectivity index is 2.05. The molecule has 1 aromatic heterocycles. The van der Waals surface area contributed by atoms with Crippen LogP contribution in [0.1, 0.15) is 23.0 Å². The largest absolute Gasteiger partial charge is 0.494 e. The van der Waals surface area contributed by atoms with Crippen LogP contribution in [0.25, 0.3) is 17.1 Å². The van der Waals surface area contributed by atoms with E-state index in [0.717, 1.165) is 6.39 Å². The van der Waals surface area contributed by atoms with Crippen molar-refractivity contribution in [2.75, 3.05) is 6.61 Å². The van der Waals surface area contributed by atoms with Crippen molar-refractivity contribution in [2.24, 2.45) is 0 Å². The van der Waals surface area contributed by atoms with Gasteiger partial charge in [-0.15, -0.1) is 0 Å². The quantitative estimate of drug-likeness (QED) is 0.613. The number of aromatic nitrogens is 1. The van der Waals surface area contributed by atoms with Gasteiger partial charge in [0.1, 0.15) is 17.3 Å². The Hall–Kier alpha value is -3.54. The highest BCUT2D eigenvalue weighted by atomic mass is 16.5. The van der Waals surface area contributed by atoms with Crippen molar-refractivity contribution in [1.82, 2.24) is 4.98 Å². The number of nitrogens with zero attached hydrogens (tertiary/aromatic N) is 1. The van der Waals surface area contributed by atoms with E-state index < -0.39 is 5.97 Å². The molecule has 6 nitrogen and oxygen atoms in total. The van der Waals surface area contributed by atoms with Crippen molar-refractivity contribution in [2.45, 2.75) is 6.92 Å². The van der Waals surface area contributed by atoms with Crippen LogP contribution >= 0.6 is 0 Å². The maximum Gasteiger partial charge on any atom is 0.358 e. The van der Waals surface area contributed by atoms with Crippen molar-refractivity contribution >= 4 is 11.7 Å². The molecule has 1 heterocycles. The lowest BCUT2D eigenvalue weighted by atomic mass is 10.0. The van der Waals surface area contributed by atoms with Gasteiger partial charge in [0.15, 0.2) is 17.8 Å². The second-order valence-electron chi connectivity index (χ2n) is 5.31. The summed E-state index contributed by atoms with van der Waals surface area (Å²) < 4.78 is 16.7. The molecular formula is C20H17NO5. The van der Waals surface area contributed by atoms with E-state index in [1.54, 1.807) is 18.2 Å². The number of benzene rings is 2. The number of para-hydroxylation sites is 1.